The number of Topliss-reactive ketones (excluding diaryl/α,β-unsaturated/α-hetero) is 1. The normalized spacial score (nSPS) is 12.0. The molecule has 0 heterocycles. The number of methoxy groups -OCH3 is 1. The van der Waals surface area contributed by atoms with Crippen molar-refractivity contribution in [3.8, 4) is 16.9 Å². The van der Waals surface area contributed by atoms with Crippen LogP contribution in [0.3, 0.4) is 0 Å². The molecule has 3 aromatic carbocycles. The fourth-order valence-electron chi connectivity index (χ4n) is 2.70. The molecule has 0 saturated heterocycles. The second-order valence-electron chi connectivity index (χ2n) is 5.84. The Morgan fingerprint density at radius 3 is 2.19 bits per heavy atom. The molecular formula is C22H20N2O2S. The third-order valence-corrected chi connectivity index (χ3v) is 5.38. The highest BCUT2D eigenvalue weighted by Gasteiger charge is 2.21. The summed E-state index contributed by atoms with van der Waals surface area (Å²) in [6.07, 6.45) is 1.17. The minimum absolute atomic E-state index is 0.153. The molecule has 5 heteroatoms. The van der Waals surface area contributed by atoms with Gasteiger partial charge in [0.1, 0.15) is 5.75 Å². The number of nitrogens with two attached hydrogens (primary N) is 1. The quantitative estimate of drug-likeness (QED) is 0.281. The molecule has 0 aromatic heterocycles. The summed E-state index contributed by atoms with van der Waals surface area (Å²) in [4.78, 5) is 13.5. The van der Waals surface area contributed by atoms with Crippen LogP contribution in [-0.2, 0) is 4.79 Å². The molecule has 27 heavy (non-hydrogen) atoms. The van der Waals surface area contributed by atoms with E-state index in [1.165, 1.54) is 18.0 Å². The van der Waals surface area contributed by atoms with Gasteiger partial charge in [-0.1, -0.05) is 54.6 Å². The Morgan fingerprint density at radius 1 is 0.963 bits per heavy atom. The molecule has 0 fully saturated rings. The summed E-state index contributed by atoms with van der Waals surface area (Å²) in [5.41, 5.74) is 3.17. The van der Waals surface area contributed by atoms with Crippen molar-refractivity contribution in [1.82, 2.24) is 0 Å². The van der Waals surface area contributed by atoms with Crippen molar-refractivity contribution in [3.05, 3.63) is 84.4 Å². The Labute approximate surface area is 163 Å². The Morgan fingerprint density at radius 2 is 1.59 bits per heavy atom. The lowest BCUT2D eigenvalue weighted by molar-refractivity contribution is -0.112. The van der Waals surface area contributed by atoms with E-state index in [-0.39, 0.29) is 5.78 Å². The predicted molar refractivity (Wildman–Crippen MR) is 111 cm³/mol. The maximum atomic E-state index is 12.5. The molecule has 4 nitrogen and oxygen atoms in total. The number of ether oxygens (including phenoxy) is 1. The summed E-state index contributed by atoms with van der Waals surface area (Å²) in [5, 5.41) is 2.97. The first-order valence-electron chi connectivity index (χ1n) is 8.44. The topological polar surface area (TPSA) is 64.7 Å². The summed E-state index contributed by atoms with van der Waals surface area (Å²) in [5.74, 6) is 5.78. The van der Waals surface area contributed by atoms with E-state index < -0.39 is 5.25 Å². The van der Waals surface area contributed by atoms with Gasteiger partial charge in [-0.2, -0.15) is 5.10 Å². The molecule has 0 spiro atoms. The Bertz CT molecular complexity index is 907. The van der Waals surface area contributed by atoms with Crippen LogP contribution in [0.1, 0.15) is 10.8 Å². The number of hydrazone groups is 1. The molecular weight excluding hydrogens is 356 g/mol. The molecule has 1 atom stereocenters. The SMILES string of the molecule is COc1ccc(C(Sc2ccc(-c3ccccc3)cc2)C(=O)C=NN)cc1. The Kier molecular flexibility index (Phi) is 6.28. The molecule has 0 saturated carbocycles. The lowest BCUT2D eigenvalue weighted by atomic mass is 10.1. The number of carbonyl (C=O) groups is 1. The van der Waals surface area contributed by atoms with Crippen LogP contribution >= 0.6 is 11.8 Å². The first-order chi connectivity index (χ1) is 13.2. The van der Waals surface area contributed by atoms with Gasteiger partial charge in [-0.25, -0.2) is 0 Å². The molecule has 0 bridgehead atoms. The molecule has 3 rings (SSSR count). The van der Waals surface area contributed by atoms with E-state index in [4.69, 9.17) is 10.6 Å². The Hall–Kier alpha value is -3.05. The van der Waals surface area contributed by atoms with Gasteiger partial charge in [0, 0.05) is 4.90 Å². The van der Waals surface area contributed by atoms with Crippen molar-refractivity contribution in [2.24, 2.45) is 10.9 Å². The highest BCUT2D eigenvalue weighted by Crippen LogP contribution is 2.37. The average Bonchev–Trinajstić information content (AvgIpc) is 2.73. The fraction of sp³-hybridized carbons (Fsp3) is 0.0909. The van der Waals surface area contributed by atoms with Gasteiger partial charge in [-0.05, 0) is 41.0 Å². The maximum Gasteiger partial charge on any atom is 0.193 e. The number of thioether (sulfide) groups is 1. The monoisotopic (exact) mass is 376 g/mol. The fourth-order valence-corrected chi connectivity index (χ4v) is 3.74. The van der Waals surface area contributed by atoms with E-state index in [0.717, 1.165) is 27.3 Å². The van der Waals surface area contributed by atoms with Gasteiger partial charge in [0.25, 0.3) is 0 Å². The molecule has 0 aliphatic carbocycles. The zero-order chi connectivity index (χ0) is 19.1. The summed E-state index contributed by atoms with van der Waals surface area (Å²) < 4.78 is 5.19. The van der Waals surface area contributed by atoms with E-state index in [0.29, 0.717) is 0 Å². The summed E-state index contributed by atoms with van der Waals surface area (Å²) in [7, 11) is 1.61. The first kappa shape index (κ1) is 18.7. The van der Waals surface area contributed by atoms with Crippen molar-refractivity contribution in [1.29, 1.82) is 0 Å². The number of ketones is 1. The van der Waals surface area contributed by atoms with Crippen LogP contribution in [0.2, 0.25) is 0 Å². The summed E-state index contributed by atoms with van der Waals surface area (Å²) in [6.45, 7) is 0. The Balaban J connectivity index is 1.84. The van der Waals surface area contributed by atoms with Crippen molar-refractivity contribution in [3.63, 3.8) is 0 Å². The summed E-state index contributed by atoms with van der Waals surface area (Å²) >= 11 is 1.47. The van der Waals surface area contributed by atoms with Gasteiger partial charge in [0.05, 0.1) is 18.6 Å². The van der Waals surface area contributed by atoms with Crippen molar-refractivity contribution < 1.29 is 9.53 Å². The number of hydrogen-bond donors (Lipinski definition) is 1. The molecule has 2 N–H and O–H groups in total. The van der Waals surface area contributed by atoms with E-state index in [9.17, 15) is 4.79 Å². The second kappa shape index (κ2) is 9.05. The van der Waals surface area contributed by atoms with Crippen LogP contribution in [0.15, 0.2) is 88.9 Å². The standard InChI is InChI=1S/C22H20N2O2S/c1-26-19-11-7-18(8-12-19)22(21(25)15-24-23)27-20-13-9-17(10-14-20)16-5-3-2-4-6-16/h2-15,22H,23H2,1H3. The van der Waals surface area contributed by atoms with E-state index >= 15 is 0 Å². The molecule has 0 radical (unpaired) electrons. The van der Waals surface area contributed by atoms with E-state index in [2.05, 4.69) is 29.4 Å². The zero-order valence-electron chi connectivity index (χ0n) is 14.9. The van der Waals surface area contributed by atoms with Gasteiger partial charge in [0.2, 0.25) is 0 Å². The van der Waals surface area contributed by atoms with Gasteiger partial charge in [-0.15, -0.1) is 11.8 Å². The number of rotatable bonds is 7. The molecule has 0 amide bonds. The zero-order valence-corrected chi connectivity index (χ0v) is 15.7. The van der Waals surface area contributed by atoms with Crippen LogP contribution in [0.5, 0.6) is 5.75 Å². The van der Waals surface area contributed by atoms with Crippen molar-refractivity contribution in [2.45, 2.75) is 10.1 Å². The molecule has 3 aromatic rings. The van der Waals surface area contributed by atoms with Crippen LogP contribution in [0, 0.1) is 0 Å². The van der Waals surface area contributed by atoms with Gasteiger partial charge < -0.3 is 10.6 Å². The van der Waals surface area contributed by atoms with Crippen LogP contribution in [-0.4, -0.2) is 19.1 Å². The number of nitrogens with zero attached hydrogens (tertiary/aromatic N) is 1. The molecule has 0 aliphatic heterocycles. The first-order valence-corrected chi connectivity index (χ1v) is 9.32. The van der Waals surface area contributed by atoms with E-state index in [1.807, 2.05) is 54.6 Å². The lowest BCUT2D eigenvalue weighted by Crippen LogP contribution is -2.11. The predicted octanol–water partition coefficient (Wildman–Crippen LogP) is 4.71. The second-order valence-corrected chi connectivity index (χ2v) is 7.02. The smallest absolute Gasteiger partial charge is 0.193 e. The highest BCUT2D eigenvalue weighted by atomic mass is 32.2. The number of carbonyl (C=O) groups excluding carboxylic acids is 1. The van der Waals surface area contributed by atoms with Crippen molar-refractivity contribution in [2.75, 3.05) is 7.11 Å². The maximum absolute atomic E-state index is 12.5. The average molecular weight is 376 g/mol. The van der Waals surface area contributed by atoms with Crippen LogP contribution < -0.4 is 10.6 Å². The minimum Gasteiger partial charge on any atom is -0.497 e. The minimum atomic E-state index is -0.425. The van der Waals surface area contributed by atoms with Crippen LogP contribution in [0.25, 0.3) is 11.1 Å². The van der Waals surface area contributed by atoms with Crippen molar-refractivity contribution >= 4 is 23.8 Å². The summed E-state index contributed by atoms with van der Waals surface area (Å²) in [6, 6.07) is 25.8. The lowest BCUT2D eigenvalue weighted by Gasteiger charge is -2.15. The highest BCUT2D eigenvalue weighted by molar-refractivity contribution is 8.00. The molecule has 1 unspecified atom stereocenters. The number of hydrogen-bond acceptors (Lipinski definition) is 5. The van der Waals surface area contributed by atoms with Gasteiger partial charge in [-0.3, -0.25) is 4.79 Å². The largest absolute Gasteiger partial charge is 0.497 e. The number of benzene rings is 3. The third-order valence-electron chi connectivity index (χ3n) is 4.09. The third kappa shape index (κ3) is 4.77. The van der Waals surface area contributed by atoms with Gasteiger partial charge >= 0.3 is 0 Å². The van der Waals surface area contributed by atoms with Gasteiger partial charge in [0.15, 0.2) is 5.78 Å². The molecule has 136 valence electrons. The van der Waals surface area contributed by atoms with Crippen LogP contribution in [0.4, 0.5) is 0 Å². The van der Waals surface area contributed by atoms with E-state index in [1.54, 1.807) is 7.11 Å². The molecule has 0 aliphatic rings.